The molecule has 9 heteroatoms. The maximum atomic E-state index is 11.5. The molecule has 0 aliphatic heterocycles. The van der Waals surface area contributed by atoms with Crippen LogP contribution in [0.4, 0.5) is 0 Å². The Morgan fingerprint density at radius 3 is 2.65 bits per heavy atom. The number of nitrogens with zero attached hydrogens (tertiary/aromatic N) is 3. The summed E-state index contributed by atoms with van der Waals surface area (Å²) in [5, 5.41) is 4.53. The second-order valence-corrected chi connectivity index (χ2v) is 4.86. The van der Waals surface area contributed by atoms with Gasteiger partial charge in [0, 0.05) is 5.56 Å². The van der Waals surface area contributed by atoms with Crippen molar-refractivity contribution in [3.05, 3.63) is 55.0 Å². The van der Waals surface area contributed by atoms with Crippen LogP contribution in [-0.2, 0) is 6.54 Å². The molecule has 0 saturated heterocycles. The molecule has 0 unspecified atom stereocenters. The van der Waals surface area contributed by atoms with Gasteiger partial charge in [-0.05, 0) is 6.07 Å². The van der Waals surface area contributed by atoms with Crippen molar-refractivity contribution in [3.8, 4) is 0 Å². The highest BCUT2D eigenvalue weighted by Crippen LogP contribution is 2.31. The van der Waals surface area contributed by atoms with E-state index < -0.39 is 11.1 Å². The van der Waals surface area contributed by atoms with E-state index in [1.165, 1.54) is 23.4 Å². The Bertz CT molecular complexity index is 898. The summed E-state index contributed by atoms with van der Waals surface area (Å²) in [6.07, 6.45) is 2.89. The third-order valence-corrected chi connectivity index (χ3v) is 3.62. The first-order valence-electron chi connectivity index (χ1n) is 5.52. The van der Waals surface area contributed by atoms with Crippen LogP contribution >= 0.6 is 23.2 Å². The molecule has 2 aromatic heterocycles. The molecule has 20 heavy (non-hydrogen) atoms. The number of hydrogen-bond donors (Lipinski definition) is 2. The average Bonchev–Trinajstić information content (AvgIpc) is 2.91. The van der Waals surface area contributed by atoms with E-state index in [9.17, 15) is 9.59 Å². The number of hydrogen-bond acceptors (Lipinski definition) is 4. The summed E-state index contributed by atoms with van der Waals surface area (Å²) in [5.41, 5.74) is -0.134. The van der Waals surface area contributed by atoms with Crippen molar-refractivity contribution in [3.63, 3.8) is 0 Å². The smallest absolute Gasteiger partial charge is 0.314 e. The minimum absolute atomic E-state index is 0.262. The lowest BCUT2D eigenvalue weighted by molar-refractivity contribution is 0.687. The molecule has 0 aliphatic carbocycles. The molecule has 3 rings (SSSR count). The third-order valence-electron chi connectivity index (χ3n) is 2.80. The van der Waals surface area contributed by atoms with Gasteiger partial charge in [0.1, 0.15) is 12.7 Å². The highest BCUT2D eigenvalue weighted by atomic mass is 35.5. The van der Waals surface area contributed by atoms with Crippen LogP contribution in [-0.4, -0.2) is 24.7 Å². The molecule has 0 amide bonds. The quantitative estimate of drug-likeness (QED) is 0.694. The predicted octanol–water partition coefficient (Wildman–Crippen LogP) is 1.16. The van der Waals surface area contributed by atoms with Gasteiger partial charge >= 0.3 is 11.1 Å². The molecule has 1 aromatic carbocycles. The normalized spacial score (nSPS) is 11.1. The van der Waals surface area contributed by atoms with Gasteiger partial charge in [-0.1, -0.05) is 23.2 Å². The molecule has 102 valence electrons. The minimum Gasteiger partial charge on any atom is -0.316 e. The molecule has 0 fully saturated rings. The van der Waals surface area contributed by atoms with Crippen molar-refractivity contribution in [1.82, 2.24) is 24.7 Å². The number of aromatic amines is 2. The van der Waals surface area contributed by atoms with Gasteiger partial charge in [0.25, 0.3) is 0 Å². The van der Waals surface area contributed by atoms with Gasteiger partial charge in [-0.25, -0.2) is 9.67 Å². The van der Waals surface area contributed by atoms with E-state index in [-0.39, 0.29) is 16.6 Å². The molecule has 0 spiro atoms. The predicted molar refractivity (Wildman–Crippen MR) is 74.3 cm³/mol. The second-order valence-electron chi connectivity index (χ2n) is 4.07. The highest BCUT2D eigenvalue weighted by Gasteiger charge is 2.14. The van der Waals surface area contributed by atoms with Crippen molar-refractivity contribution >= 4 is 34.2 Å². The van der Waals surface area contributed by atoms with E-state index in [4.69, 9.17) is 23.2 Å². The Labute approximate surface area is 121 Å². The first kappa shape index (κ1) is 12.9. The standard InChI is InChI=1S/C11H7Cl2N5O2/c12-6-1-7-9(17-11(20)10(19)16-7)5(8(6)13)2-18-4-14-3-15-18/h1,3-4H,2H2,(H,16,19)(H,17,20). The lowest BCUT2D eigenvalue weighted by Crippen LogP contribution is -2.29. The molecule has 3 aromatic rings. The van der Waals surface area contributed by atoms with Crippen molar-refractivity contribution in [1.29, 1.82) is 0 Å². The zero-order valence-electron chi connectivity index (χ0n) is 9.85. The van der Waals surface area contributed by atoms with E-state index in [0.717, 1.165) is 0 Å². The largest absolute Gasteiger partial charge is 0.316 e. The van der Waals surface area contributed by atoms with E-state index in [1.54, 1.807) is 0 Å². The Morgan fingerprint density at radius 1 is 1.20 bits per heavy atom. The van der Waals surface area contributed by atoms with Crippen LogP contribution < -0.4 is 11.1 Å². The Balaban J connectivity index is 2.32. The minimum atomic E-state index is -0.754. The monoisotopic (exact) mass is 311 g/mol. The number of nitrogens with one attached hydrogen (secondary N) is 2. The molecular formula is C11H7Cl2N5O2. The first-order valence-corrected chi connectivity index (χ1v) is 6.27. The maximum Gasteiger partial charge on any atom is 0.314 e. The Morgan fingerprint density at radius 2 is 1.95 bits per heavy atom. The van der Waals surface area contributed by atoms with E-state index in [0.29, 0.717) is 16.6 Å². The van der Waals surface area contributed by atoms with Gasteiger partial charge in [-0.3, -0.25) is 9.59 Å². The van der Waals surface area contributed by atoms with Gasteiger partial charge in [-0.15, -0.1) is 0 Å². The topological polar surface area (TPSA) is 96.4 Å². The van der Waals surface area contributed by atoms with Crippen LogP contribution in [0.3, 0.4) is 0 Å². The summed E-state index contributed by atoms with van der Waals surface area (Å²) in [6.45, 7) is 0.262. The van der Waals surface area contributed by atoms with Gasteiger partial charge in [0.15, 0.2) is 0 Å². The molecule has 0 saturated carbocycles. The van der Waals surface area contributed by atoms with Crippen LogP contribution in [0.5, 0.6) is 0 Å². The second kappa shape index (κ2) is 4.77. The van der Waals surface area contributed by atoms with Crippen LogP contribution in [0, 0.1) is 0 Å². The van der Waals surface area contributed by atoms with Crippen molar-refractivity contribution in [2.75, 3.05) is 0 Å². The van der Waals surface area contributed by atoms with Crippen molar-refractivity contribution < 1.29 is 0 Å². The molecule has 2 heterocycles. The number of fused-ring (bicyclic) bond motifs is 1. The first-order chi connectivity index (χ1) is 9.56. The van der Waals surface area contributed by atoms with Gasteiger partial charge < -0.3 is 9.97 Å². The average molecular weight is 312 g/mol. The summed E-state index contributed by atoms with van der Waals surface area (Å²) < 4.78 is 1.53. The zero-order chi connectivity index (χ0) is 14.3. The summed E-state index contributed by atoms with van der Waals surface area (Å²) in [7, 11) is 0. The zero-order valence-corrected chi connectivity index (χ0v) is 11.4. The molecule has 7 nitrogen and oxygen atoms in total. The number of H-pyrrole nitrogens is 2. The fraction of sp³-hybridized carbons (Fsp3) is 0.0909. The van der Waals surface area contributed by atoms with E-state index >= 15 is 0 Å². The fourth-order valence-electron chi connectivity index (χ4n) is 1.89. The summed E-state index contributed by atoms with van der Waals surface area (Å²) in [4.78, 5) is 31.6. The summed E-state index contributed by atoms with van der Waals surface area (Å²) in [6, 6.07) is 1.49. The molecule has 0 aliphatic rings. The summed E-state index contributed by atoms with van der Waals surface area (Å²) >= 11 is 12.2. The SMILES string of the molecule is O=c1[nH]c2cc(Cl)c(Cl)c(Cn3cncn3)c2[nH]c1=O. The lowest BCUT2D eigenvalue weighted by atomic mass is 10.1. The highest BCUT2D eigenvalue weighted by molar-refractivity contribution is 6.43. The van der Waals surface area contributed by atoms with Crippen LogP contribution in [0.25, 0.3) is 11.0 Å². The van der Waals surface area contributed by atoms with Gasteiger partial charge in [-0.2, -0.15) is 5.10 Å². The van der Waals surface area contributed by atoms with Crippen LogP contribution in [0.2, 0.25) is 10.0 Å². The molecular weight excluding hydrogens is 305 g/mol. The van der Waals surface area contributed by atoms with Gasteiger partial charge in [0.05, 0.1) is 27.6 Å². The van der Waals surface area contributed by atoms with Crippen molar-refractivity contribution in [2.24, 2.45) is 0 Å². The number of halogens is 2. The third kappa shape index (κ3) is 2.10. The molecule has 0 radical (unpaired) electrons. The van der Waals surface area contributed by atoms with Crippen LogP contribution in [0.15, 0.2) is 28.3 Å². The Hall–Kier alpha value is -2.12. The summed E-state index contributed by atoms with van der Waals surface area (Å²) in [5.74, 6) is 0. The Kier molecular flexibility index (Phi) is 3.07. The maximum absolute atomic E-state index is 11.5. The van der Waals surface area contributed by atoms with E-state index in [1.807, 2.05) is 0 Å². The number of aromatic nitrogens is 5. The lowest BCUT2D eigenvalue weighted by Gasteiger charge is -2.10. The van der Waals surface area contributed by atoms with Crippen molar-refractivity contribution in [2.45, 2.75) is 6.54 Å². The fourth-order valence-corrected chi connectivity index (χ4v) is 2.33. The number of benzene rings is 1. The van der Waals surface area contributed by atoms with E-state index in [2.05, 4.69) is 20.1 Å². The van der Waals surface area contributed by atoms with Gasteiger partial charge in [0.2, 0.25) is 0 Å². The van der Waals surface area contributed by atoms with Crippen LogP contribution in [0.1, 0.15) is 5.56 Å². The number of rotatable bonds is 2. The molecule has 0 bridgehead atoms. The molecule has 0 atom stereocenters. The molecule has 2 N–H and O–H groups in total.